The Balaban J connectivity index is 2.08. The summed E-state index contributed by atoms with van der Waals surface area (Å²) >= 11 is 5.97. The van der Waals surface area contributed by atoms with Gasteiger partial charge in [-0.3, -0.25) is 0 Å². The summed E-state index contributed by atoms with van der Waals surface area (Å²) in [5.41, 5.74) is -0.196. The van der Waals surface area contributed by atoms with Gasteiger partial charge in [0.1, 0.15) is 18.2 Å². The molecule has 4 nitrogen and oxygen atoms in total. The molecule has 104 valence electrons. The Morgan fingerprint density at radius 1 is 1.58 bits per heavy atom. The highest BCUT2D eigenvalue weighted by Crippen LogP contribution is 2.28. The van der Waals surface area contributed by atoms with Gasteiger partial charge >= 0.3 is 5.97 Å². The maximum absolute atomic E-state index is 13.7. The summed E-state index contributed by atoms with van der Waals surface area (Å²) in [7, 11) is 1.19. The monoisotopic (exact) mass is 287 g/mol. The Kier molecular flexibility index (Phi) is 4.61. The molecule has 2 rings (SSSR count). The van der Waals surface area contributed by atoms with Crippen LogP contribution in [0.4, 0.5) is 4.39 Å². The molecule has 1 saturated heterocycles. The highest BCUT2D eigenvalue weighted by atomic mass is 35.5. The molecule has 1 atom stereocenters. The van der Waals surface area contributed by atoms with E-state index in [4.69, 9.17) is 16.3 Å². The van der Waals surface area contributed by atoms with Gasteiger partial charge in [-0.2, -0.15) is 0 Å². The van der Waals surface area contributed by atoms with Crippen molar-refractivity contribution in [1.29, 1.82) is 0 Å². The minimum atomic E-state index is -0.761. The molecule has 1 aromatic carbocycles. The number of benzene rings is 1. The van der Waals surface area contributed by atoms with Gasteiger partial charge < -0.3 is 14.8 Å². The maximum Gasteiger partial charge on any atom is 0.340 e. The molecular formula is C13H15ClFNO3. The number of nitrogens with one attached hydrogen (secondary N) is 1. The normalized spacial score (nSPS) is 18.4. The molecule has 1 aromatic rings. The van der Waals surface area contributed by atoms with Crippen LogP contribution in [0.3, 0.4) is 0 Å². The molecule has 0 aromatic heterocycles. The fourth-order valence-electron chi connectivity index (χ4n) is 1.99. The molecule has 1 heterocycles. The molecule has 0 unspecified atom stereocenters. The lowest BCUT2D eigenvalue weighted by molar-refractivity contribution is 0.0595. The fourth-order valence-corrected chi connectivity index (χ4v) is 2.21. The van der Waals surface area contributed by atoms with Crippen LogP contribution in [0.2, 0.25) is 5.02 Å². The van der Waals surface area contributed by atoms with Crippen molar-refractivity contribution in [1.82, 2.24) is 5.32 Å². The average Bonchev–Trinajstić information content (AvgIpc) is 2.91. The third-order valence-corrected chi connectivity index (χ3v) is 3.32. The zero-order valence-electron chi connectivity index (χ0n) is 10.5. The van der Waals surface area contributed by atoms with Crippen LogP contribution in [0, 0.1) is 5.82 Å². The molecule has 1 aliphatic heterocycles. The lowest BCUT2D eigenvalue weighted by Crippen LogP contribution is -2.28. The van der Waals surface area contributed by atoms with Crippen molar-refractivity contribution in [2.75, 3.05) is 20.3 Å². The van der Waals surface area contributed by atoms with Crippen molar-refractivity contribution in [3.63, 3.8) is 0 Å². The van der Waals surface area contributed by atoms with Gasteiger partial charge in [-0.15, -0.1) is 0 Å². The summed E-state index contributed by atoms with van der Waals surface area (Å²) in [4.78, 5) is 11.3. The standard InChI is InChI=1S/C13H15ClFNO3/c1-18-13(17)9-5-10(14)12(6-11(9)15)19-7-8-3-2-4-16-8/h5-6,8,16H,2-4,7H2,1H3/t8-/m1/s1. The fraction of sp³-hybridized carbons (Fsp3) is 0.462. The molecule has 0 saturated carbocycles. The van der Waals surface area contributed by atoms with Crippen molar-refractivity contribution in [3.05, 3.63) is 28.5 Å². The Morgan fingerprint density at radius 3 is 3.00 bits per heavy atom. The molecule has 19 heavy (non-hydrogen) atoms. The zero-order valence-corrected chi connectivity index (χ0v) is 11.3. The summed E-state index contributed by atoms with van der Waals surface area (Å²) in [6.07, 6.45) is 2.14. The SMILES string of the molecule is COC(=O)c1cc(Cl)c(OC[C@H]2CCCN2)cc1F. The first-order valence-corrected chi connectivity index (χ1v) is 6.43. The van der Waals surface area contributed by atoms with E-state index in [0.29, 0.717) is 6.61 Å². The van der Waals surface area contributed by atoms with E-state index < -0.39 is 11.8 Å². The van der Waals surface area contributed by atoms with Crippen molar-refractivity contribution in [2.45, 2.75) is 18.9 Å². The molecule has 1 N–H and O–H groups in total. The van der Waals surface area contributed by atoms with Crippen LogP contribution in [0.15, 0.2) is 12.1 Å². The van der Waals surface area contributed by atoms with Gasteiger partial charge in [0.2, 0.25) is 0 Å². The van der Waals surface area contributed by atoms with E-state index in [1.165, 1.54) is 13.2 Å². The minimum Gasteiger partial charge on any atom is -0.490 e. The number of esters is 1. The molecule has 1 aliphatic rings. The second kappa shape index (κ2) is 6.21. The predicted octanol–water partition coefficient (Wildman–Crippen LogP) is 2.40. The summed E-state index contributed by atoms with van der Waals surface area (Å²) < 4.78 is 23.7. The van der Waals surface area contributed by atoms with Crippen molar-refractivity contribution < 1.29 is 18.7 Å². The van der Waals surface area contributed by atoms with Crippen LogP contribution in [0.1, 0.15) is 23.2 Å². The molecule has 0 bridgehead atoms. The number of carbonyl (C=O) groups excluding carboxylic acids is 1. The van der Waals surface area contributed by atoms with Crippen molar-refractivity contribution in [2.24, 2.45) is 0 Å². The van der Waals surface area contributed by atoms with E-state index in [9.17, 15) is 9.18 Å². The number of ether oxygens (including phenoxy) is 2. The first-order chi connectivity index (χ1) is 9.11. The van der Waals surface area contributed by atoms with Crippen LogP contribution >= 0.6 is 11.6 Å². The first kappa shape index (κ1) is 14.1. The van der Waals surface area contributed by atoms with Crippen LogP contribution in [0.25, 0.3) is 0 Å². The zero-order chi connectivity index (χ0) is 13.8. The number of halogens is 2. The lowest BCUT2D eigenvalue weighted by atomic mass is 10.2. The minimum absolute atomic E-state index is 0.194. The number of methoxy groups -OCH3 is 1. The number of hydrogen-bond acceptors (Lipinski definition) is 4. The summed E-state index contributed by atoms with van der Waals surface area (Å²) in [6, 6.07) is 2.60. The number of carbonyl (C=O) groups is 1. The second-order valence-corrected chi connectivity index (χ2v) is 4.77. The van der Waals surface area contributed by atoms with Crippen LogP contribution < -0.4 is 10.1 Å². The maximum atomic E-state index is 13.7. The van der Waals surface area contributed by atoms with Gasteiger partial charge in [-0.1, -0.05) is 11.6 Å². The van der Waals surface area contributed by atoms with Gasteiger partial charge in [0.05, 0.1) is 17.7 Å². The predicted molar refractivity (Wildman–Crippen MR) is 69.3 cm³/mol. The average molecular weight is 288 g/mol. The van der Waals surface area contributed by atoms with Crippen molar-refractivity contribution in [3.8, 4) is 5.75 Å². The summed E-state index contributed by atoms with van der Waals surface area (Å²) in [6.45, 7) is 1.40. The topological polar surface area (TPSA) is 47.6 Å². The Morgan fingerprint density at radius 2 is 2.37 bits per heavy atom. The summed E-state index contributed by atoms with van der Waals surface area (Å²) in [5.74, 6) is -1.23. The van der Waals surface area contributed by atoms with E-state index >= 15 is 0 Å². The number of rotatable bonds is 4. The van der Waals surface area contributed by atoms with Crippen molar-refractivity contribution >= 4 is 17.6 Å². The Labute approximate surface area is 115 Å². The molecule has 0 aliphatic carbocycles. The smallest absolute Gasteiger partial charge is 0.340 e. The van der Waals surface area contributed by atoms with E-state index in [-0.39, 0.29) is 22.4 Å². The van der Waals surface area contributed by atoms with E-state index in [2.05, 4.69) is 10.1 Å². The van der Waals surface area contributed by atoms with E-state index in [1.54, 1.807) is 0 Å². The molecule has 0 amide bonds. The van der Waals surface area contributed by atoms with Gasteiger partial charge in [-0.25, -0.2) is 9.18 Å². The quantitative estimate of drug-likeness (QED) is 0.864. The molecule has 0 radical (unpaired) electrons. The molecule has 0 spiro atoms. The highest BCUT2D eigenvalue weighted by molar-refractivity contribution is 6.32. The van der Waals surface area contributed by atoms with Gasteiger partial charge in [0, 0.05) is 12.1 Å². The van der Waals surface area contributed by atoms with Gasteiger partial charge in [-0.05, 0) is 25.5 Å². The third-order valence-electron chi connectivity index (χ3n) is 3.03. The first-order valence-electron chi connectivity index (χ1n) is 6.05. The van der Waals surface area contributed by atoms with E-state index in [1.807, 2.05) is 0 Å². The third kappa shape index (κ3) is 3.36. The molecule has 6 heteroatoms. The molecular weight excluding hydrogens is 273 g/mol. The lowest BCUT2D eigenvalue weighted by Gasteiger charge is -2.14. The van der Waals surface area contributed by atoms with E-state index in [0.717, 1.165) is 25.5 Å². The highest BCUT2D eigenvalue weighted by Gasteiger charge is 2.18. The van der Waals surface area contributed by atoms with Gasteiger partial charge in [0.15, 0.2) is 0 Å². The van der Waals surface area contributed by atoms with Gasteiger partial charge in [0.25, 0.3) is 0 Å². The Bertz CT molecular complexity index is 475. The molecule has 1 fully saturated rings. The number of hydrogen-bond donors (Lipinski definition) is 1. The Hall–Kier alpha value is -1.33. The second-order valence-electron chi connectivity index (χ2n) is 4.36. The summed E-state index contributed by atoms with van der Waals surface area (Å²) in [5, 5.41) is 3.46. The largest absolute Gasteiger partial charge is 0.490 e. The van der Waals surface area contributed by atoms with Crippen LogP contribution in [-0.4, -0.2) is 32.3 Å². The van der Waals surface area contributed by atoms with Crippen LogP contribution in [-0.2, 0) is 4.74 Å². The van der Waals surface area contributed by atoms with Crippen LogP contribution in [0.5, 0.6) is 5.75 Å².